The lowest BCUT2D eigenvalue weighted by molar-refractivity contribution is 0.701. The summed E-state index contributed by atoms with van der Waals surface area (Å²) in [6.45, 7) is 4.21. The summed E-state index contributed by atoms with van der Waals surface area (Å²) in [4.78, 5) is 4.20. The first kappa shape index (κ1) is 11.8. The molecule has 4 heteroatoms. The average Bonchev–Trinajstić information content (AvgIpc) is 2.78. The van der Waals surface area contributed by atoms with E-state index in [-0.39, 0.29) is 6.04 Å². The van der Waals surface area contributed by atoms with Crippen molar-refractivity contribution in [3.63, 3.8) is 0 Å². The van der Waals surface area contributed by atoms with Crippen LogP contribution in [0.15, 0.2) is 36.7 Å². The molecular formula is C15H18N4. The van der Waals surface area contributed by atoms with E-state index >= 15 is 0 Å². The van der Waals surface area contributed by atoms with Crippen LogP contribution in [-0.4, -0.2) is 16.7 Å². The third kappa shape index (κ3) is 1.80. The first-order chi connectivity index (χ1) is 9.22. The largest absolute Gasteiger partial charge is 0.374 e. The van der Waals surface area contributed by atoms with Crippen molar-refractivity contribution >= 4 is 17.5 Å². The maximum Gasteiger partial charge on any atom is 0.0837 e. The highest BCUT2D eigenvalue weighted by Gasteiger charge is 2.22. The molecule has 1 N–H and O–H groups in total. The maximum atomic E-state index is 4.20. The van der Waals surface area contributed by atoms with Crippen LogP contribution < -0.4 is 10.3 Å². The monoisotopic (exact) mass is 254 g/mol. The number of pyridine rings is 1. The van der Waals surface area contributed by atoms with Gasteiger partial charge in [-0.05, 0) is 38.1 Å². The van der Waals surface area contributed by atoms with Gasteiger partial charge >= 0.3 is 0 Å². The summed E-state index contributed by atoms with van der Waals surface area (Å²) in [5, 5.41) is 5.68. The fourth-order valence-corrected chi connectivity index (χ4v) is 2.63. The van der Waals surface area contributed by atoms with Gasteiger partial charge < -0.3 is 5.32 Å². The van der Waals surface area contributed by atoms with E-state index in [1.54, 1.807) is 0 Å². The zero-order valence-corrected chi connectivity index (χ0v) is 11.5. The van der Waals surface area contributed by atoms with E-state index in [1.807, 2.05) is 25.4 Å². The van der Waals surface area contributed by atoms with Crippen molar-refractivity contribution in [2.24, 2.45) is 0 Å². The standard InChI is InChI=1S/C15H18N4/c1-4-5-12-6-7-14-11(2)17-13-10-16-9-8-15(13)18(3)19(12)14/h4-11,17H,1-3H3. The second kappa shape index (κ2) is 4.46. The van der Waals surface area contributed by atoms with Gasteiger partial charge in [-0.1, -0.05) is 6.08 Å². The van der Waals surface area contributed by atoms with Crippen molar-refractivity contribution in [3.8, 4) is 0 Å². The molecule has 19 heavy (non-hydrogen) atoms. The number of allylic oxidation sites excluding steroid dienone is 1. The zero-order chi connectivity index (χ0) is 13.4. The molecule has 0 saturated carbocycles. The lowest BCUT2D eigenvalue weighted by Crippen LogP contribution is -2.26. The molecule has 0 bridgehead atoms. The Kier molecular flexibility index (Phi) is 2.78. The van der Waals surface area contributed by atoms with E-state index < -0.39 is 0 Å². The summed E-state index contributed by atoms with van der Waals surface area (Å²) in [6, 6.07) is 6.59. The topological polar surface area (TPSA) is 33.1 Å². The van der Waals surface area contributed by atoms with Gasteiger partial charge in [0.2, 0.25) is 0 Å². The van der Waals surface area contributed by atoms with Gasteiger partial charge in [-0.15, -0.1) is 0 Å². The van der Waals surface area contributed by atoms with Gasteiger partial charge in [0.25, 0.3) is 0 Å². The van der Waals surface area contributed by atoms with Gasteiger partial charge in [0.1, 0.15) is 0 Å². The summed E-state index contributed by atoms with van der Waals surface area (Å²) in [6.07, 6.45) is 7.89. The number of anilines is 2. The lowest BCUT2D eigenvalue weighted by Gasteiger charge is -2.24. The normalized spacial score (nSPS) is 17.8. The predicted octanol–water partition coefficient (Wildman–Crippen LogP) is 3.30. The Labute approximate surface area is 113 Å². The molecule has 0 radical (unpaired) electrons. The highest BCUT2D eigenvalue weighted by molar-refractivity contribution is 5.71. The van der Waals surface area contributed by atoms with Crippen molar-refractivity contribution in [2.45, 2.75) is 19.9 Å². The molecule has 0 aromatic carbocycles. The van der Waals surface area contributed by atoms with Crippen LogP contribution in [0.25, 0.3) is 6.08 Å². The first-order valence-electron chi connectivity index (χ1n) is 6.51. The minimum absolute atomic E-state index is 0.243. The third-order valence-corrected chi connectivity index (χ3v) is 3.51. The van der Waals surface area contributed by atoms with Crippen molar-refractivity contribution in [1.29, 1.82) is 0 Å². The third-order valence-electron chi connectivity index (χ3n) is 3.51. The number of aromatic nitrogens is 2. The Morgan fingerprint density at radius 2 is 2.16 bits per heavy atom. The molecule has 3 heterocycles. The zero-order valence-electron chi connectivity index (χ0n) is 11.5. The van der Waals surface area contributed by atoms with Crippen LogP contribution in [0, 0.1) is 0 Å². The molecule has 2 aromatic rings. The molecule has 98 valence electrons. The summed E-state index contributed by atoms with van der Waals surface area (Å²) in [7, 11) is 2.08. The Morgan fingerprint density at radius 3 is 2.95 bits per heavy atom. The second-order valence-electron chi connectivity index (χ2n) is 4.78. The number of hydrogen-bond donors (Lipinski definition) is 1. The van der Waals surface area contributed by atoms with Crippen LogP contribution in [0.5, 0.6) is 0 Å². The average molecular weight is 254 g/mol. The van der Waals surface area contributed by atoms with E-state index in [9.17, 15) is 0 Å². The van der Waals surface area contributed by atoms with Gasteiger partial charge in [-0.2, -0.15) is 0 Å². The second-order valence-corrected chi connectivity index (χ2v) is 4.78. The van der Waals surface area contributed by atoms with Crippen LogP contribution in [0.3, 0.4) is 0 Å². The summed E-state index contributed by atoms with van der Waals surface area (Å²) in [5.41, 5.74) is 4.61. The van der Waals surface area contributed by atoms with E-state index in [0.29, 0.717) is 0 Å². The molecular weight excluding hydrogens is 236 g/mol. The molecule has 3 rings (SSSR count). The number of hydrogen-bond acceptors (Lipinski definition) is 3. The smallest absolute Gasteiger partial charge is 0.0837 e. The quantitative estimate of drug-likeness (QED) is 0.847. The molecule has 0 saturated heterocycles. The Hall–Kier alpha value is -2.23. The molecule has 0 fully saturated rings. The van der Waals surface area contributed by atoms with Gasteiger partial charge in [0.15, 0.2) is 0 Å². The van der Waals surface area contributed by atoms with Crippen LogP contribution in [-0.2, 0) is 0 Å². The Bertz CT molecular complexity index is 627. The minimum atomic E-state index is 0.243. The molecule has 4 nitrogen and oxygen atoms in total. The Morgan fingerprint density at radius 1 is 1.32 bits per heavy atom. The lowest BCUT2D eigenvalue weighted by atomic mass is 10.2. The molecule has 0 amide bonds. The van der Waals surface area contributed by atoms with Crippen molar-refractivity contribution in [1.82, 2.24) is 9.66 Å². The molecule has 1 atom stereocenters. The summed E-state index contributed by atoms with van der Waals surface area (Å²) < 4.78 is 2.24. The number of nitrogens with zero attached hydrogens (tertiary/aromatic N) is 3. The van der Waals surface area contributed by atoms with Crippen molar-refractivity contribution in [3.05, 3.63) is 48.1 Å². The van der Waals surface area contributed by atoms with Gasteiger partial charge in [-0.25, -0.2) is 0 Å². The number of fused-ring (bicyclic) bond motifs is 2. The van der Waals surface area contributed by atoms with Crippen molar-refractivity contribution < 1.29 is 0 Å². The van der Waals surface area contributed by atoms with E-state index in [1.165, 1.54) is 11.4 Å². The molecule has 1 aliphatic heterocycles. The summed E-state index contributed by atoms with van der Waals surface area (Å²) >= 11 is 0. The first-order valence-corrected chi connectivity index (χ1v) is 6.51. The maximum absolute atomic E-state index is 4.20. The van der Waals surface area contributed by atoms with Gasteiger partial charge in [0.05, 0.1) is 35.0 Å². The predicted molar refractivity (Wildman–Crippen MR) is 79.2 cm³/mol. The number of nitrogens with one attached hydrogen (secondary N) is 1. The van der Waals surface area contributed by atoms with Crippen LogP contribution in [0.1, 0.15) is 31.3 Å². The fourth-order valence-electron chi connectivity index (χ4n) is 2.63. The fraction of sp³-hybridized carbons (Fsp3) is 0.267. The number of rotatable bonds is 1. The van der Waals surface area contributed by atoms with E-state index in [2.05, 4.69) is 58.2 Å². The van der Waals surface area contributed by atoms with Gasteiger partial charge in [0, 0.05) is 13.2 Å². The Balaban J connectivity index is 2.21. The highest BCUT2D eigenvalue weighted by Crippen LogP contribution is 2.34. The van der Waals surface area contributed by atoms with E-state index in [4.69, 9.17) is 0 Å². The minimum Gasteiger partial charge on any atom is -0.374 e. The molecule has 1 aliphatic rings. The van der Waals surface area contributed by atoms with E-state index in [0.717, 1.165) is 11.4 Å². The highest BCUT2D eigenvalue weighted by atomic mass is 15.6. The molecule has 0 spiro atoms. The SMILES string of the molecule is CC=Cc1ccc2n1N(C)c1ccncc1NC2C. The van der Waals surface area contributed by atoms with Crippen LogP contribution >= 0.6 is 0 Å². The molecule has 1 unspecified atom stereocenters. The molecule has 0 aliphatic carbocycles. The van der Waals surface area contributed by atoms with Crippen LogP contribution in [0.4, 0.5) is 11.4 Å². The van der Waals surface area contributed by atoms with Crippen molar-refractivity contribution in [2.75, 3.05) is 17.4 Å². The van der Waals surface area contributed by atoms with Gasteiger partial charge in [-0.3, -0.25) is 14.7 Å². The summed E-state index contributed by atoms with van der Waals surface area (Å²) in [5.74, 6) is 0. The molecule has 2 aromatic heterocycles. The van der Waals surface area contributed by atoms with Crippen LogP contribution in [0.2, 0.25) is 0 Å².